The maximum Gasteiger partial charge on any atom is 0.337 e. The number of esters is 1. The molecule has 2 aromatic rings. The Morgan fingerprint density at radius 1 is 1.07 bits per heavy atom. The minimum absolute atomic E-state index is 0.230. The van der Waals surface area contributed by atoms with Gasteiger partial charge in [0.2, 0.25) is 0 Å². The summed E-state index contributed by atoms with van der Waals surface area (Å²) >= 11 is 0. The van der Waals surface area contributed by atoms with Gasteiger partial charge in [0.05, 0.1) is 12.7 Å². The molecule has 0 bridgehead atoms. The maximum absolute atomic E-state index is 14.9. The number of carbonyl (C=O) groups excluding carboxylic acids is 1. The van der Waals surface area contributed by atoms with Gasteiger partial charge in [-0.3, -0.25) is 0 Å². The highest BCUT2D eigenvalue weighted by Gasteiger charge is 2.35. The summed E-state index contributed by atoms with van der Waals surface area (Å²) in [5.74, 6) is 2.43. The molecule has 28 heavy (non-hydrogen) atoms. The summed E-state index contributed by atoms with van der Waals surface area (Å²) in [5.41, 5.74) is 1.52. The number of hydrogen-bond donors (Lipinski definition) is 0. The third-order valence-corrected chi connectivity index (χ3v) is 7.24. The van der Waals surface area contributed by atoms with Gasteiger partial charge in [0.25, 0.3) is 0 Å². The Hall–Kier alpha value is -1.90. The number of methoxy groups -OCH3 is 1. The maximum atomic E-state index is 14.9. The van der Waals surface area contributed by atoms with Crippen LogP contribution < -0.4 is 0 Å². The highest BCUT2D eigenvalue weighted by molar-refractivity contribution is 5.95. The lowest BCUT2D eigenvalue weighted by molar-refractivity contribution is 0.0601. The fourth-order valence-corrected chi connectivity index (χ4v) is 5.77. The number of benzene rings is 2. The van der Waals surface area contributed by atoms with E-state index in [2.05, 4.69) is 13.0 Å². The fourth-order valence-electron chi connectivity index (χ4n) is 5.77. The van der Waals surface area contributed by atoms with Crippen LogP contribution in [0.1, 0.15) is 80.1 Å². The number of fused-ring (bicyclic) bond motifs is 2. The van der Waals surface area contributed by atoms with E-state index in [0.29, 0.717) is 16.9 Å². The molecule has 4 atom stereocenters. The molecule has 0 aromatic heterocycles. The Bertz CT molecular complexity index is 859. The molecule has 0 amide bonds. The molecule has 0 aliphatic heterocycles. The molecule has 2 saturated carbocycles. The van der Waals surface area contributed by atoms with Gasteiger partial charge in [-0.15, -0.1) is 0 Å². The first kappa shape index (κ1) is 19.4. The summed E-state index contributed by atoms with van der Waals surface area (Å²) in [4.78, 5) is 11.7. The first-order valence-electron chi connectivity index (χ1n) is 10.9. The number of carbonyl (C=O) groups is 1. The van der Waals surface area contributed by atoms with Crippen molar-refractivity contribution in [1.82, 2.24) is 0 Å². The van der Waals surface area contributed by atoms with E-state index in [9.17, 15) is 9.18 Å². The lowest BCUT2D eigenvalue weighted by Gasteiger charge is -2.42. The molecule has 150 valence electrons. The van der Waals surface area contributed by atoms with E-state index in [1.807, 2.05) is 6.07 Å². The molecule has 3 heteroatoms. The summed E-state index contributed by atoms with van der Waals surface area (Å²) in [7, 11) is 1.35. The van der Waals surface area contributed by atoms with Crippen molar-refractivity contribution in [1.29, 1.82) is 0 Å². The van der Waals surface area contributed by atoms with Crippen LogP contribution in [0.4, 0.5) is 4.39 Å². The lowest BCUT2D eigenvalue weighted by Crippen LogP contribution is -2.30. The number of rotatable bonds is 4. The van der Waals surface area contributed by atoms with Crippen LogP contribution in [-0.2, 0) is 4.74 Å². The lowest BCUT2D eigenvalue weighted by atomic mass is 9.63. The van der Waals surface area contributed by atoms with Crippen molar-refractivity contribution in [3.05, 3.63) is 47.3 Å². The van der Waals surface area contributed by atoms with Gasteiger partial charge in [0.1, 0.15) is 5.82 Å². The van der Waals surface area contributed by atoms with E-state index in [1.54, 1.807) is 18.2 Å². The molecular formula is C25H31FO2. The second-order valence-corrected chi connectivity index (χ2v) is 8.93. The highest BCUT2D eigenvalue weighted by atomic mass is 19.1. The molecule has 2 fully saturated rings. The summed E-state index contributed by atoms with van der Waals surface area (Å²) in [6.07, 6.45) is 10.5. The number of halogens is 1. The van der Waals surface area contributed by atoms with E-state index in [0.717, 1.165) is 28.7 Å². The molecule has 0 heterocycles. The van der Waals surface area contributed by atoms with Gasteiger partial charge in [-0.05, 0) is 84.9 Å². The number of hydrogen-bond acceptors (Lipinski definition) is 2. The van der Waals surface area contributed by atoms with Gasteiger partial charge < -0.3 is 4.74 Å². The van der Waals surface area contributed by atoms with Crippen LogP contribution >= 0.6 is 0 Å². The summed E-state index contributed by atoms with van der Waals surface area (Å²) in [6, 6.07) is 9.01. The van der Waals surface area contributed by atoms with Crippen molar-refractivity contribution in [2.75, 3.05) is 7.11 Å². The van der Waals surface area contributed by atoms with Crippen molar-refractivity contribution in [3.63, 3.8) is 0 Å². The summed E-state index contributed by atoms with van der Waals surface area (Å²) < 4.78 is 19.6. The molecule has 2 unspecified atom stereocenters. The van der Waals surface area contributed by atoms with E-state index in [-0.39, 0.29) is 5.82 Å². The van der Waals surface area contributed by atoms with Gasteiger partial charge in [-0.2, -0.15) is 0 Å². The Labute approximate surface area is 167 Å². The first-order chi connectivity index (χ1) is 13.6. The van der Waals surface area contributed by atoms with Crippen LogP contribution in [0.5, 0.6) is 0 Å². The predicted molar refractivity (Wildman–Crippen MR) is 111 cm³/mol. The Kier molecular flexibility index (Phi) is 5.70. The largest absolute Gasteiger partial charge is 0.465 e. The normalized spacial score (nSPS) is 27.4. The van der Waals surface area contributed by atoms with Gasteiger partial charge in [-0.25, -0.2) is 9.18 Å². The van der Waals surface area contributed by atoms with Crippen LogP contribution in [0.2, 0.25) is 0 Å². The predicted octanol–water partition coefficient (Wildman–Crippen LogP) is 6.87. The zero-order valence-electron chi connectivity index (χ0n) is 17.0. The van der Waals surface area contributed by atoms with Crippen molar-refractivity contribution >= 4 is 16.7 Å². The average molecular weight is 383 g/mol. The third kappa shape index (κ3) is 3.81. The average Bonchev–Trinajstić information content (AvgIpc) is 2.72. The van der Waals surface area contributed by atoms with Gasteiger partial charge in [0, 0.05) is 5.39 Å². The van der Waals surface area contributed by atoms with Crippen LogP contribution in [0.3, 0.4) is 0 Å². The van der Waals surface area contributed by atoms with E-state index >= 15 is 0 Å². The topological polar surface area (TPSA) is 26.3 Å². The molecular weight excluding hydrogens is 351 g/mol. The van der Waals surface area contributed by atoms with Crippen LogP contribution in [0.25, 0.3) is 10.8 Å². The van der Waals surface area contributed by atoms with Crippen molar-refractivity contribution in [3.8, 4) is 0 Å². The second kappa shape index (κ2) is 8.23. The van der Waals surface area contributed by atoms with Crippen molar-refractivity contribution < 1.29 is 13.9 Å². The molecule has 0 N–H and O–H groups in total. The van der Waals surface area contributed by atoms with Crippen LogP contribution in [0.15, 0.2) is 30.3 Å². The van der Waals surface area contributed by atoms with Crippen molar-refractivity contribution in [2.24, 2.45) is 17.8 Å². The van der Waals surface area contributed by atoms with E-state index in [4.69, 9.17) is 4.74 Å². The van der Waals surface area contributed by atoms with E-state index < -0.39 is 5.97 Å². The molecule has 2 aliphatic rings. The minimum Gasteiger partial charge on any atom is -0.465 e. The molecule has 4 rings (SSSR count). The van der Waals surface area contributed by atoms with E-state index in [1.165, 1.54) is 58.5 Å². The smallest absolute Gasteiger partial charge is 0.337 e. The number of ether oxygens (including phenoxy) is 1. The van der Waals surface area contributed by atoms with Gasteiger partial charge in [-0.1, -0.05) is 38.3 Å². The molecule has 0 radical (unpaired) electrons. The van der Waals surface area contributed by atoms with Crippen molar-refractivity contribution in [2.45, 2.75) is 64.2 Å². The van der Waals surface area contributed by atoms with Gasteiger partial charge >= 0.3 is 5.97 Å². The standard InChI is InChI=1S/C25H31FO2/c1-3-4-16-5-6-18-12-19(8-7-17(18)11-16)22-13-20-9-10-21(25(27)28-2)14-23(20)24(26)15-22/h9-10,13-19H,3-8,11-12H2,1-2H3/t16?,17-,18+,19?/m0/s1. The molecule has 2 nitrogen and oxygen atoms in total. The third-order valence-electron chi connectivity index (χ3n) is 7.24. The summed E-state index contributed by atoms with van der Waals surface area (Å²) in [6.45, 7) is 2.30. The molecule has 2 aromatic carbocycles. The van der Waals surface area contributed by atoms with Gasteiger partial charge in [0.15, 0.2) is 0 Å². The molecule has 0 spiro atoms. The quantitative estimate of drug-likeness (QED) is 0.540. The minimum atomic E-state index is -0.428. The Balaban J connectivity index is 1.53. The SMILES string of the molecule is CCCC1CC[C@@H]2CC(c3cc(F)c4cc(C(=O)OC)ccc4c3)CC[C@H]2C1. The molecule has 0 saturated heterocycles. The first-order valence-corrected chi connectivity index (χ1v) is 10.9. The zero-order chi connectivity index (χ0) is 19.7. The fraction of sp³-hybridized carbons (Fsp3) is 0.560. The Morgan fingerprint density at radius 2 is 1.86 bits per heavy atom. The Morgan fingerprint density at radius 3 is 2.64 bits per heavy atom. The second-order valence-electron chi connectivity index (χ2n) is 8.93. The molecule has 2 aliphatic carbocycles. The zero-order valence-corrected chi connectivity index (χ0v) is 17.0. The van der Waals surface area contributed by atoms with Crippen LogP contribution in [-0.4, -0.2) is 13.1 Å². The monoisotopic (exact) mass is 382 g/mol. The van der Waals surface area contributed by atoms with Crippen LogP contribution in [0, 0.1) is 23.6 Å². The summed E-state index contributed by atoms with van der Waals surface area (Å²) in [5, 5.41) is 1.37. The highest BCUT2D eigenvalue weighted by Crippen LogP contribution is 2.48.